The molecular formula is C13H21ClN2. The highest BCUT2D eigenvalue weighted by Gasteiger charge is 2.13. The first-order valence-corrected chi connectivity index (χ1v) is 6.03. The Morgan fingerprint density at radius 2 is 1.75 bits per heavy atom. The van der Waals surface area contributed by atoms with E-state index in [9.17, 15) is 0 Å². The van der Waals surface area contributed by atoms with Gasteiger partial charge in [-0.1, -0.05) is 37.6 Å². The highest BCUT2D eigenvalue weighted by molar-refractivity contribution is 6.30. The van der Waals surface area contributed by atoms with Gasteiger partial charge in [0.15, 0.2) is 0 Å². The number of nitrogens with one attached hydrogen (secondary N) is 1. The Balaban J connectivity index is 2.73. The van der Waals surface area contributed by atoms with Crippen LogP contribution in [0.5, 0.6) is 0 Å². The molecule has 0 amide bonds. The lowest BCUT2D eigenvalue weighted by Gasteiger charge is -2.26. The molecule has 0 saturated carbocycles. The van der Waals surface area contributed by atoms with Crippen molar-refractivity contribution in [1.82, 2.24) is 10.2 Å². The summed E-state index contributed by atoms with van der Waals surface area (Å²) in [5.41, 5.74) is 1.29. The predicted molar refractivity (Wildman–Crippen MR) is 71.0 cm³/mol. The smallest absolute Gasteiger partial charge is 0.0466 e. The van der Waals surface area contributed by atoms with Gasteiger partial charge in [-0.15, -0.1) is 0 Å². The Bertz CT molecular complexity index is 306. The number of hydrogen-bond donors (Lipinski definition) is 1. The Labute approximate surface area is 104 Å². The molecule has 1 N–H and O–H groups in total. The van der Waals surface area contributed by atoms with Gasteiger partial charge in [0.25, 0.3) is 0 Å². The number of likely N-dealkylation sites (N-methyl/N-ethyl adjacent to an activating group) is 1. The summed E-state index contributed by atoms with van der Waals surface area (Å²) < 4.78 is 0. The summed E-state index contributed by atoms with van der Waals surface area (Å²) in [5.74, 6) is 0. The average Bonchev–Trinajstić information content (AvgIpc) is 2.20. The van der Waals surface area contributed by atoms with E-state index >= 15 is 0 Å². The van der Waals surface area contributed by atoms with Gasteiger partial charge in [0, 0.05) is 23.7 Å². The van der Waals surface area contributed by atoms with Crippen molar-refractivity contribution < 1.29 is 0 Å². The molecule has 0 saturated heterocycles. The topological polar surface area (TPSA) is 15.3 Å². The van der Waals surface area contributed by atoms with E-state index in [1.54, 1.807) is 0 Å². The quantitative estimate of drug-likeness (QED) is 0.852. The second-order valence-corrected chi connectivity index (χ2v) is 5.03. The van der Waals surface area contributed by atoms with E-state index in [1.807, 2.05) is 12.1 Å². The largest absolute Gasteiger partial charge is 0.313 e. The normalized spacial score (nSPS) is 13.4. The standard InChI is InChI=1S/C13H21ClN2/c1-10(2)15-9-13(16(3)4)11-5-7-12(14)8-6-11/h5-8,10,13,15H,9H2,1-4H3. The molecule has 1 atom stereocenters. The van der Waals surface area contributed by atoms with Crippen LogP contribution in [-0.4, -0.2) is 31.6 Å². The number of halogens is 1. The van der Waals surface area contributed by atoms with Crippen LogP contribution < -0.4 is 5.32 Å². The molecule has 1 unspecified atom stereocenters. The molecule has 0 spiro atoms. The van der Waals surface area contributed by atoms with Crippen molar-refractivity contribution in [3.63, 3.8) is 0 Å². The van der Waals surface area contributed by atoms with Crippen LogP contribution in [0.25, 0.3) is 0 Å². The van der Waals surface area contributed by atoms with Crippen LogP contribution >= 0.6 is 11.6 Å². The Morgan fingerprint density at radius 1 is 1.19 bits per heavy atom. The van der Waals surface area contributed by atoms with Gasteiger partial charge in [0.1, 0.15) is 0 Å². The molecule has 1 rings (SSSR count). The van der Waals surface area contributed by atoms with Crippen LogP contribution in [0.4, 0.5) is 0 Å². The molecule has 0 aliphatic heterocycles. The number of benzene rings is 1. The summed E-state index contributed by atoms with van der Waals surface area (Å²) in [6, 6.07) is 8.98. The zero-order valence-electron chi connectivity index (χ0n) is 10.5. The van der Waals surface area contributed by atoms with E-state index in [0.29, 0.717) is 12.1 Å². The zero-order valence-corrected chi connectivity index (χ0v) is 11.3. The maximum atomic E-state index is 5.89. The van der Waals surface area contributed by atoms with Gasteiger partial charge in [0.2, 0.25) is 0 Å². The zero-order chi connectivity index (χ0) is 12.1. The fourth-order valence-corrected chi connectivity index (χ4v) is 1.76. The maximum absolute atomic E-state index is 5.89. The highest BCUT2D eigenvalue weighted by atomic mass is 35.5. The summed E-state index contributed by atoms with van der Waals surface area (Å²) in [6.07, 6.45) is 0. The van der Waals surface area contributed by atoms with Gasteiger partial charge >= 0.3 is 0 Å². The highest BCUT2D eigenvalue weighted by Crippen LogP contribution is 2.19. The van der Waals surface area contributed by atoms with E-state index in [4.69, 9.17) is 11.6 Å². The van der Waals surface area contributed by atoms with Gasteiger partial charge in [-0.25, -0.2) is 0 Å². The molecule has 0 fully saturated rings. The summed E-state index contributed by atoms with van der Waals surface area (Å²) in [5, 5.41) is 4.26. The van der Waals surface area contributed by atoms with Crippen molar-refractivity contribution in [2.45, 2.75) is 25.9 Å². The fraction of sp³-hybridized carbons (Fsp3) is 0.538. The predicted octanol–water partition coefficient (Wildman–Crippen LogP) is 2.94. The Kier molecular flexibility index (Phi) is 5.26. The van der Waals surface area contributed by atoms with Crippen LogP contribution in [0.2, 0.25) is 5.02 Å². The van der Waals surface area contributed by atoms with Crippen molar-refractivity contribution in [3.05, 3.63) is 34.9 Å². The molecule has 3 heteroatoms. The Morgan fingerprint density at radius 3 is 2.19 bits per heavy atom. The average molecular weight is 241 g/mol. The van der Waals surface area contributed by atoms with Crippen molar-refractivity contribution in [2.24, 2.45) is 0 Å². The fourth-order valence-electron chi connectivity index (χ4n) is 1.63. The van der Waals surface area contributed by atoms with Crippen LogP contribution in [0.15, 0.2) is 24.3 Å². The third-order valence-corrected chi connectivity index (χ3v) is 2.85. The Hall–Kier alpha value is -0.570. The molecular weight excluding hydrogens is 220 g/mol. The molecule has 90 valence electrons. The summed E-state index contributed by atoms with van der Waals surface area (Å²) >= 11 is 5.89. The maximum Gasteiger partial charge on any atom is 0.0466 e. The van der Waals surface area contributed by atoms with Gasteiger partial charge in [-0.05, 0) is 31.8 Å². The summed E-state index contributed by atoms with van der Waals surface area (Å²) in [4.78, 5) is 2.22. The molecule has 0 radical (unpaired) electrons. The lowest BCUT2D eigenvalue weighted by Crippen LogP contribution is -2.34. The van der Waals surface area contributed by atoms with Crippen molar-refractivity contribution in [3.8, 4) is 0 Å². The summed E-state index contributed by atoms with van der Waals surface area (Å²) in [7, 11) is 4.20. The lowest BCUT2D eigenvalue weighted by molar-refractivity contribution is 0.283. The second-order valence-electron chi connectivity index (χ2n) is 4.59. The van der Waals surface area contributed by atoms with Crippen molar-refractivity contribution in [1.29, 1.82) is 0 Å². The molecule has 0 bridgehead atoms. The third-order valence-electron chi connectivity index (χ3n) is 2.60. The second kappa shape index (κ2) is 6.24. The van der Waals surface area contributed by atoms with Gasteiger partial charge < -0.3 is 10.2 Å². The molecule has 0 aromatic heterocycles. The lowest BCUT2D eigenvalue weighted by atomic mass is 10.1. The minimum atomic E-state index is 0.389. The van der Waals surface area contributed by atoms with Gasteiger partial charge in [-0.3, -0.25) is 0 Å². The van der Waals surface area contributed by atoms with Crippen LogP contribution in [0.3, 0.4) is 0 Å². The number of hydrogen-bond acceptors (Lipinski definition) is 2. The molecule has 2 nitrogen and oxygen atoms in total. The first-order valence-electron chi connectivity index (χ1n) is 5.66. The van der Waals surface area contributed by atoms with E-state index in [1.165, 1.54) is 5.56 Å². The minimum absolute atomic E-state index is 0.389. The van der Waals surface area contributed by atoms with E-state index < -0.39 is 0 Å². The number of nitrogens with zero attached hydrogens (tertiary/aromatic N) is 1. The number of rotatable bonds is 5. The van der Waals surface area contributed by atoms with Crippen LogP contribution in [0, 0.1) is 0 Å². The first-order chi connectivity index (χ1) is 7.50. The molecule has 16 heavy (non-hydrogen) atoms. The SMILES string of the molecule is CC(C)NCC(c1ccc(Cl)cc1)N(C)C. The third kappa shape index (κ3) is 4.12. The summed E-state index contributed by atoms with van der Waals surface area (Å²) in [6.45, 7) is 5.27. The van der Waals surface area contributed by atoms with Crippen molar-refractivity contribution in [2.75, 3.05) is 20.6 Å². The minimum Gasteiger partial charge on any atom is -0.313 e. The van der Waals surface area contributed by atoms with Crippen molar-refractivity contribution >= 4 is 11.6 Å². The molecule has 0 heterocycles. The molecule has 0 aliphatic rings. The molecule has 1 aromatic rings. The van der Waals surface area contributed by atoms with Crippen LogP contribution in [0.1, 0.15) is 25.5 Å². The van der Waals surface area contributed by atoms with E-state index in [-0.39, 0.29) is 0 Å². The van der Waals surface area contributed by atoms with Crippen LogP contribution in [-0.2, 0) is 0 Å². The monoisotopic (exact) mass is 240 g/mol. The van der Waals surface area contributed by atoms with Gasteiger partial charge in [0.05, 0.1) is 0 Å². The van der Waals surface area contributed by atoms with E-state index in [0.717, 1.165) is 11.6 Å². The molecule has 1 aromatic carbocycles. The first kappa shape index (κ1) is 13.5. The molecule has 0 aliphatic carbocycles. The van der Waals surface area contributed by atoms with E-state index in [2.05, 4.69) is 50.3 Å². The van der Waals surface area contributed by atoms with Gasteiger partial charge in [-0.2, -0.15) is 0 Å².